The second-order valence-electron chi connectivity index (χ2n) is 16.2. The molecule has 0 aliphatic rings. The molecule has 0 saturated heterocycles. The minimum atomic E-state index is -0.718. The van der Waals surface area contributed by atoms with Gasteiger partial charge in [-0.2, -0.15) is 0 Å². The van der Waals surface area contributed by atoms with E-state index in [-0.39, 0.29) is 11.9 Å². The monoisotopic (exact) mass is 750 g/mol. The first-order chi connectivity index (χ1) is 25.7. The number of hydrogen-bond donors (Lipinski definition) is 1. The summed E-state index contributed by atoms with van der Waals surface area (Å²) in [5.74, 6) is 0.138. The summed E-state index contributed by atoms with van der Waals surface area (Å²) in [5.41, 5.74) is 2.12. The van der Waals surface area contributed by atoms with Crippen molar-refractivity contribution in [1.29, 1.82) is 0 Å². The molecule has 54 heavy (non-hydrogen) atoms. The average molecular weight is 750 g/mol. The number of amides is 2. The lowest BCUT2D eigenvalue weighted by Crippen LogP contribution is -2.40. The molecule has 0 atom stereocenters. The van der Waals surface area contributed by atoms with E-state index in [0.29, 0.717) is 37.3 Å². The largest absolute Gasteiger partial charge is 0.443 e. The minimum absolute atomic E-state index is 0.0890. The fourth-order valence-electron chi connectivity index (χ4n) is 5.95. The summed E-state index contributed by atoms with van der Waals surface area (Å²) in [7, 11) is 0. The molecule has 0 saturated carbocycles. The maximum Gasteiger partial charge on any atom is 0.421 e. The van der Waals surface area contributed by atoms with Gasteiger partial charge in [0.2, 0.25) is 5.95 Å². The van der Waals surface area contributed by atoms with Gasteiger partial charge in [-0.3, -0.25) is 9.48 Å². The van der Waals surface area contributed by atoms with Gasteiger partial charge in [-0.25, -0.2) is 24.0 Å². The first kappa shape index (κ1) is 44.2. The number of aromatic nitrogens is 5. The standard InChI is InChI=1S/C42H67N7O5/c1-9-11-13-14-15-20-29-48(39(51)53-41(3,4)5)38-44-35(32-49(38)40(52)54-42(6,7)8)22-18-16-19-23-36-31-47(46-45-36)30-28-43-37(50)34-26-24-33(25-27-34)21-17-12-10-2/h24-27,31-32H,9-23,28-30H2,1-8H3,(H,43,50). The molecule has 12 heteroatoms. The summed E-state index contributed by atoms with van der Waals surface area (Å²) in [4.78, 5) is 45.8. The van der Waals surface area contributed by atoms with Crippen LogP contribution in [0.3, 0.4) is 0 Å². The Morgan fingerprint density at radius 2 is 1.31 bits per heavy atom. The number of anilines is 1. The molecule has 3 rings (SSSR count). The zero-order valence-electron chi connectivity index (χ0n) is 34.4. The molecule has 3 aromatic rings. The lowest BCUT2D eigenvalue weighted by Gasteiger charge is -2.27. The van der Waals surface area contributed by atoms with Crippen LogP contribution in [-0.2, 0) is 35.3 Å². The third kappa shape index (κ3) is 16.4. The van der Waals surface area contributed by atoms with Gasteiger partial charge in [0.15, 0.2) is 0 Å². The van der Waals surface area contributed by atoms with Crippen molar-refractivity contribution in [2.45, 2.75) is 169 Å². The topological polar surface area (TPSA) is 133 Å². The van der Waals surface area contributed by atoms with Crippen LogP contribution >= 0.6 is 0 Å². The fourth-order valence-corrected chi connectivity index (χ4v) is 5.95. The van der Waals surface area contributed by atoms with Gasteiger partial charge in [0, 0.05) is 31.0 Å². The van der Waals surface area contributed by atoms with Crippen LogP contribution in [-0.4, -0.2) is 66.9 Å². The van der Waals surface area contributed by atoms with Crippen LogP contribution in [0.4, 0.5) is 15.5 Å². The molecule has 0 spiro atoms. The minimum Gasteiger partial charge on any atom is -0.443 e. The van der Waals surface area contributed by atoms with E-state index in [1.165, 1.54) is 47.1 Å². The number of nitrogens with zero attached hydrogens (tertiary/aromatic N) is 6. The predicted molar refractivity (Wildman–Crippen MR) is 214 cm³/mol. The Morgan fingerprint density at radius 3 is 1.98 bits per heavy atom. The normalized spacial score (nSPS) is 11.8. The average Bonchev–Trinajstić information content (AvgIpc) is 3.74. The Bertz CT molecular complexity index is 1570. The lowest BCUT2D eigenvalue weighted by molar-refractivity contribution is 0.0531. The Kier molecular flexibility index (Phi) is 18.2. The van der Waals surface area contributed by atoms with Crippen molar-refractivity contribution in [3.63, 3.8) is 0 Å². The smallest absolute Gasteiger partial charge is 0.421 e. The van der Waals surface area contributed by atoms with Crippen molar-refractivity contribution < 1.29 is 23.9 Å². The van der Waals surface area contributed by atoms with Gasteiger partial charge in [-0.15, -0.1) is 5.10 Å². The molecular weight excluding hydrogens is 683 g/mol. The molecule has 1 N–H and O–H groups in total. The van der Waals surface area contributed by atoms with Crippen molar-refractivity contribution >= 4 is 24.0 Å². The van der Waals surface area contributed by atoms with Gasteiger partial charge in [0.1, 0.15) is 11.2 Å². The number of benzene rings is 1. The first-order valence-electron chi connectivity index (χ1n) is 20.3. The SMILES string of the molecule is CCCCCCCCN(C(=O)OC(C)(C)C)c1nc(CCCCCc2cn(CCNC(=O)c3ccc(CCCCC)cc3)nn2)cn1C(=O)OC(C)(C)C. The predicted octanol–water partition coefficient (Wildman–Crippen LogP) is 9.48. The third-order valence-electron chi connectivity index (χ3n) is 8.78. The molecule has 0 aliphatic heterocycles. The van der Waals surface area contributed by atoms with Gasteiger partial charge in [-0.1, -0.05) is 82.6 Å². The van der Waals surface area contributed by atoms with Crippen molar-refractivity contribution in [1.82, 2.24) is 29.9 Å². The number of hydrogen-bond acceptors (Lipinski definition) is 8. The number of imidazole rings is 1. The summed E-state index contributed by atoms with van der Waals surface area (Å²) in [5, 5.41) is 11.5. The molecule has 2 heterocycles. The molecule has 0 aliphatic carbocycles. The Morgan fingerprint density at radius 1 is 0.722 bits per heavy atom. The van der Waals surface area contributed by atoms with E-state index in [4.69, 9.17) is 14.5 Å². The lowest BCUT2D eigenvalue weighted by atomic mass is 10.1. The highest BCUT2D eigenvalue weighted by Gasteiger charge is 2.30. The molecule has 2 amide bonds. The zero-order chi connectivity index (χ0) is 39.6. The molecule has 12 nitrogen and oxygen atoms in total. The Labute approximate surface area is 323 Å². The van der Waals surface area contributed by atoms with Crippen LogP contribution in [0, 0.1) is 0 Å². The van der Waals surface area contributed by atoms with Gasteiger partial charge in [0.25, 0.3) is 5.91 Å². The van der Waals surface area contributed by atoms with E-state index in [1.807, 2.05) is 72.0 Å². The summed E-state index contributed by atoms with van der Waals surface area (Å²) >= 11 is 0. The number of aryl methyl sites for hydroxylation is 3. The highest BCUT2D eigenvalue weighted by molar-refractivity contribution is 5.94. The molecular formula is C42H67N7O5. The third-order valence-corrected chi connectivity index (χ3v) is 8.78. The van der Waals surface area contributed by atoms with E-state index < -0.39 is 23.4 Å². The van der Waals surface area contributed by atoms with Crippen LogP contribution in [0.2, 0.25) is 0 Å². The van der Waals surface area contributed by atoms with E-state index >= 15 is 0 Å². The second-order valence-corrected chi connectivity index (χ2v) is 16.2. The first-order valence-corrected chi connectivity index (χ1v) is 20.3. The summed E-state index contributed by atoms with van der Waals surface area (Å²) in [6.45, 7) is 16.7. The molecule has 1 aromatic carbocycles. The van der Waals surface area contributed by atoms with E-state index in [1.54, 1.807) is 10.9 Å². The van der Waals surface area contributed by atoms with E-state index in [2.05, 4.69) is 29.5 Å². The van der Waals surface area contributed by atoms with Crippen molar-refractivity contribution in [2.24, 2.45) is 0 Å². The van der Waals surface area contributed by atoms with Crippen molar-refractivity contribution in [2.75, 3.05) is 18.0 Å². The number of carbonyl (C=O) groups is 3. The number of unbranched alkanes of at least 4 members (excludes halogenated alkanes) is 9. The highest BCUT2D eigenvalue weighted by Crippen LogP contribution is 2.23. The van der Waals surface area contributed by atoms with Gasteiger partial charge < -0.3 is 14.8 Å². The Balaban J connectivity index is 1.53. The zero-order valence-corrected chi connectivity index (χ0v) is 34.4. The number of nitrogens with one attached hydrogen (secondary N) is 1. The van der Waals surface area contributed by atoms with E-state index in [0.717, 1.165) is 63.5 Å². The number of carbonyl (C=O) groups excluding carboxylic acids is 3. The van der Waals surface area contributed by atoms with Crippen LogP contribution in [0.5, 0.6) is 0 Å². The van der Waals surface area contributed by atoms with Crippen LogP contribution in [0.15, 0.2) is 36.7 Å². The summed E-state index contributed by atoms with van der Waals surface area (Å²) in [6, 6.07) is 7.87. The van der Waals surface area contributed by atoms with Crippen LogP contribution in [0.1, 0.15) is 160 Å². The summed E-state index contributed by atoms with van der Waals surface area (Å²) in [6.07, 6.45) is 17.6. The summed E-state index contributed by atoms with van der Waals surface area (Å²) < 4.78 is 14.6. The quantitative estimate of drug-likeness (QED) is 0.100. The maximum absolute atomic E-state index is 13.5. The fraction of sp³-hybridized carbons (Fsp3) is 0.667. The van der Waals surface area contributed by atoms with Gasteiger partial charge >= 0.3 is 12.2 Å². The Hall–Kier alpha value is -4.22. The second kappa shape index (κ2) is 22.2. The molecule has 0 bridgehead atoms. The van der Waals surface area contributed by atoms with Crippen molar-refractivity contribution in [3.05, 3.63) is 59.2 Å². The molecule has 300 valence electrons. The molecule has 0 unspecified atom stereocenters. The maximum atomic E-state index is 13.5. The number of ether oxygens (including phenoxy) is 2. The van der Waals surface area contributed by atoms with Gasteiger partial charge in [-0.05, 0) is 104 Å². The molecule has 0 radical (unpaired) electrons. The van der Waals surface area contributed by atoms with Crippen LogP contribution in [0.25, 0.3) is 0 Å². The number of rotatable bonds is 22. The van der Waals surface area contributed by atoms with Gasteiger partial charge in [0.05, 0.1) is 17.9 Å². The van der Waals surface area contributed by atoms with Crippen LogP contribution < -0.4 is 10.2 Å². The van der Waals surface area contributed by atoms with E-state index in [9.17, 15) is 14.4 Å². The molecule has 0 fully saturated rings. The highest BCUT2D eigenvalue weighted by atomic mass is 16.6. The molecule has 2 aromatic heterocycles. The van der Waals surface area contributed by atoms with Crippen molar-refractivity contribution in [3.8, 4) is 0 Å².